The number of amides is 1. The molecular formula is C14H20N2O3. The molecule has 1 amide bonds. The van der Waals surface area contributed by atoms with Crippen molar-refractivity contribution in [1.82, 2.24) is 5.32 Å². The first kappa shape index (κ1) is 15.2. The lowest BCUT2D eigenvalue weighted by molar-refractivity contribution is -0.144. The summed E-state index contributed by atoms with van der Waals surface area (Å²) in [6.07, 6.45) is 0. The lowest BCUT2D eigenvalue weighted by Crippen LogP contribution is -2.55. The van der Waals surface area contributed by atoms with Crippen LogP contribution < -0.4 is 11.1 Å². The molecule has 0 spiro atoms. The molecule has 0 aromatic heterocycles. The molecule has 0 heterocycles. The smallest absolute Gasteiger partial charge is 0.326 e. The van der Waals surface area contributed by atoms with Crippen molar-refractivity contribution in [3.8, 4) is 0 Å². The first-order chi connectivity index (χ1) is 8.76. The lowest BCUT2D eigenvalue weighted by Gasteiger charge is -2.27. The Morgan fingerprint density at radius 1 is 1.26 bits per heavy atom. The number of carbonyl (C=O) groups is 2. The van der Waals surface area contributed by atoms with Crippen LogP contribution in [0.3, 0.4) is 0 Å². The second-order valence-corrected chi connectivity index (χ2v) is 5.10. The summed E-state index contributed by atoms with van der Waals surface area (Å²) in [7, 11) is 0. The number of nitrogens with one attached hydrogen (secondary N) is 1. The fourth-order valence-electron chi connectivity index (χ4n) is 1.72. The Morgan fingerprint density at radius 2 is 1.79 bits per heavy atom. The van der Waals surface area contributed by atoms with Crippen molar-refractivity contribution >= 4 is 11.9 Å². The normalized spacial score (nSPS) is 15.6. The van der Waals surface area contributed by atoms with Crippen LogP contribution in [0.25, 0.3) is 0 Å². The lowest BCUT2D eigenvalue weighted by atomic mass is 9.91. The summed E-state index contributed by atoms with van der Waals surface area (Å²) in [6.45, 7) is 5.03. The van der Waals surface area contributed by atoms with E-state index in [2.05, 4.69) is 5.32 Å². The number of hydrogen-bond acceptors (Lipinski definition) is 3. The van der Waals surface area contributed by atoms with Crippen LogP contribution in [0.2, 0.25) is 0 Å². The van der Waals surface area contributed by atoms with Crippen molar-refractivity contribution in [1.29, 1.82) is 0 Å². The molecule has 19 heavy (non-hydrogen) atoms. The van der Waals surface area contributed by atoms with Crippen LogP contribution in [0, 0.1) is 5.92 Å². The van der Waals surface area contributed by atoms with Crippen LogP contribution in [-0.4, -0.2) is 23.0 Å². The fraction of sp³-hybridized carbons (Fsp3) is 0.429. The third-order valence-electron chi connectivity index (χ3n) is 3.06. The van der Waals surface area contributed by atoms with Crippen molar-refractivity contribution in [2.45, 2.75) is 32.4 Å². The first-order valence-electron chi connectivity index (χ1n) is 6.15. The van der Waals surface area contributed by atoms with Gasteiger partial charge in [0.15, 0.2) is 0 Å². The summed E-state index contributed by atoms with van der Waals surface area (Å²) >= 11 is 0. The first-order valence-corrected chi connectivity index (χ1v) is 6.15. The Morgan fingerprint density at radius 3 is 2.21 bits per heavy atom. The van der Waals surface area contributed by atoms with Gasteiger partial charge in [0.2, 0.25) is 5.91 Å². The van der Waals surface area contributed by atoms with Gasteiger partial charge in [-0.2, -0.15) is 0 Å². The van der Waals surface area contributed by atoms with E-state index in [1.807, 2.05) is 6.07 Å². The topological polar surface area (TPSA) is 92.4 Å². The van der Waals surface area contributed by atoms with E-state index in [1.54, 1.807) is 45.0 Å². The zero-order chi connectivity index (χ0) is 14.6. The molecule has 2 unspecified atom stereocenters. The highest BCUT2D eigenvalue weighted by molar-refractivity contribution is 5.90. The molecule has 0 aliphatic heterocycles. The van der Waals surface area contributed by atoms with Gasteiger partial charge in [0.25, 0.3) is 0 Å². The third kappa shape index (κ3) is 3.54. The van der Waals surface area contributed by atoms with Crippen molar-refractivity contribution in [3.63, 3.8) is 0 Å². The molecule has 0 saturated carbocycles. The largest absolute Gasteiger partial charge is 0.480 e. The average Bonchev–Trinajstić information content (AvgIpc) is 2.35. The van der Waals surface area contributed by atoms with Crippen molar-refractivity contribution in [2.75, 3.05) is 0 Å². The van der Waals surface area contributed by atoms with E-state index in [0.717, 1.165) is 0 Å². The summed E-state index contributed by atoms with van der Waals surface area (Å²) in [5.41, 5.74) is 5.40. The maximum atomic E-state index is 12.2. The van der Waals surface area contributed by atoms with Gasteiger partial charge in [-0.3, -0.25) is 4.79 Å². The molecule has 5 nitrogen and oxygen atoms in total. The average molecular weight is 264 g/mol. The van der Waals surface area contributed by atoms with Gasteiger partial charge in [-0.05, 0) is 18.4 Å². The molecule has 0 saturated heterocycles. The number of benzene rings is 1. The standard InChI is InChI=1S/C14H20N2O3/c1-9(2)11(12(17)18)16-13(19)14(3,15)10-7-5-4-6-8-10/h4-9,11H,15H2,1-3H3,(H,16,19)(H,17,18). The van der Waals surface area contributed by atoms with E-state index in [-0.39, 0.29) is 5.92 Å². The number of aliphatic carboxylic acids is 1. The van der Waals surface area contributed by atoms with E-state index in [1.165, 1.54) is 0 Å². The van der Waals surface area contributed by atoms with Crippen LogP contribution in [0.5, 0.6) is 0 Å². The summed E-state index contributed by atoms with van der Waals surface area (Å²) in [6, 6.07) is 7.93. The fourth-order valence-corrected chi connectivity index (χ4v) is 1.72. The SMILES string of the molecule is CC(C)C(NC(=O)C(C)(N)c1ccccc1)C(=O)O. The van der Waals surface area contributed by atoms with Crippen molar-refractivity contribution in [2.24, 2.45) is 11.7 Å². The minimum Gasteiger partial charge on any atom is -0.480 e. The number of nitrogens with two attached hydrogens (primary N) is 1. The predicted octanol–water partition coefficient (Wildman–Crippen LogP) is 1.09. The molecule has 0 aliphatic rings. The predicted molar refractivity (Wildman–Crippen MR) is 72.4 cm³/mol. The Hall–Kier alpha value is -1.88. The summed E-state index contributed by atoms with van der Waals surface area (Å²) in [5, 5.41) is 11.6. The van der Waals surface area contributed by atoms with Gasteiger partial charge < -0.3 is 16.2 Å². The highest BCUT2D eigenvalue weighted by Crippen LogP contribution is 2.18. The number of rotatable bonds is 5. The zero-order valence-corrected chi connectivity index (χ0v) is 11.4. The molecule has 0 bridgehead atoms. The van der Waals surface area contributed by atoms with Gasteiger partial charge in [0, 0.05) is 0 Å². The Bertz CT molecular complexity index is 455. The van der Waals surface area contributed by atoms with Gasteiger partial charge >= 0.3 is 5.97 Å². The summed E-state index contributed by atoms with van der Waals surface area (Å²) in [5.74, 6) is -1.78. The highest BCUT2D eigenvalue weighted by atomic mass is 16.4. The van der Waals surface area contributed by atoms with E-state index in [9.17, 15) is 9.59 Å². The second kappa shape index (κ2) is 5.84. The van der Waals surface area contributed by atoms with Gasteiger partial charge in [-0.15, -0.1) is 0 Å². The monoisotopic (exact) mass is 264 g/mol. The molecule has 2 atom stereocenters. The molecule has 5 heteroatoms. The minimum absolute atomic E-state index is 0.215. The van der Waals surface area contributed by atoms with Crippen molar-refractivity contribution in [3.05, 3.63) is 35.9 Å². The molecule has 0 radical (unpaired) electrons. The van der Waals surface area contributed by atoms with Gasteiger partial charge in [-0.25, -0.2) is 4.79 Å². The van der Waals surface area contributed by atoms with E-state index >= 15 is 0 Å². The van der Waals surface area contributed by atoms with Crippen LogP contribution in [0.1, 0.15) is 26.3 Å². The molecule has 1 aromatic carbocycles. The summed E-state index contributed by atoms with van der Waals surface area (Å²) in [4.78, 5) is 23.3. The molecule has 1 aromatic rings. The van der Waals surface area contributed by atoms with E-state index < -0.39 is 23.5 Å². The zero-order valence-electron chi connectivity index (χ0n) is 11.4. The molecule has 0 fully saturated rings. The maximum Gasteiger partial charge on any atom is 0.326 e. The quantitative estimate of drug-likeness (QED) is 0.742. The molecule has 1 rings (SSSR count). The van der Waals surface area contributed by atoms with Crippen LogP contribution in [0.15, 0.2) is 30.3 Å². The number of carboxylic acid groups (broad SMARTS) is 1. The van der Waals surface area contributed by atoms with Gasteiger partial charge in [0.05, 0.1) is 0 Å². The molecule has 0 aliphatic carbocycles. The summed E-state index contributed by atoms with van der Waals surface area (Å²) < 4.78 is 0. The Labute approximate surface area is 112 Å². The van der Waals surface area contributed by atoms with Gasteiger partial charge in [-0.1, -0.05) is 44.2 Å². The van der Waals surface area contributed by atoms with E-state index in [4.69, 9.17) is 10.8 Å². The minimum atomic E-state index is -1.26. The molecule has 4 N–H and O–H groups in total. The van der Waals surface area contributed by atoms with Crippen LogP contribution in [0.4, 0.5) is 0 Å². The third-order valence-corrected chi connectivity index (χ3v) is 3.06. The van der Waals surface area contributed by atoms with Crippen LogP contribution in [-0.2, 0) is 15.1 Å². The Balaban J connectivity index is 2.91. The van der Waals surface area contributed by atoms with Crippen LogP contribution >= 0.6 is 0 Å². The van der Waals surface area contributed by atoms with E-state index in [0.29, 0.717) is 5.56 Å². The molecular weight excluding hydrogens is 244 g/mol. The number of carboxylic acids is 1. The van der Waals surface area contributed by atoms with Crippen molar-refractivity contribution < 1.29 is 14.7 Å². The number of hydrogen-bond donors (Lipinski definition) is 3. The molecule has 104 valence electrons. The highest BCUT2D eigenvalue weighted by Gasteiger charge is 2.34. The van der Waals surface area contributed by atoms with Gasteiger partial charge in [0.1, 0.15) is 11.6 Å². The number of carbonyl (C=O) groups excluding carboxylic acids is 1. The second-order valence-electron chi connectivity index (χ2n) is 5.10. The maximum absolute atomic E-state index is 12.2. The Kier molecular flexibility index (Phi) is 4.67.